The van der Waals surface area contributed by atoms with Gasteiger partial charge in [-0.05, 0) is 25.0 Å². The van der Waals surface area contributed by atoms with Crippen LogP contribution in [0.4, 0.5) is 0 Å². The smallest absolute Gasteiger partial charge is 0.140 e. The number of nitrogens with zero attached hydrogens (tertiary/aromatic N) is 2. The molecule has 2 heterocycles. The number of para-hydroxylation sites is 1. The fourth-order valence-corrected chi connectivity index (χ4v) is 2.40. The first-order valence-electron chi connectivity index (χ1n) is 6.88. The molecular formula is C16H18N2O2. The Balaban J connectivity index is 1.94. The first-order chi connectivity index (χ1) is 9.69. The standard InChI is InChI=1S/C16H18N2O2/c1-3-7-18-10-13(9-17-18)15(19)14-8-12-6-4-5-11(2)16(12)20-14/h4-6,8-10,15,19H,3,7H2,1-2H3. The van der Waals surface area contributed by atoms with Gasteiger partial charge in [-0.25, -0.2) is 0 Å². The summed E-state index contributed by atoms with van der Waals surface area (Å²) in [5.41, 5.74) is 2.67. The van der Waals surface area contributed by atoms with E-state index in [-0.39, 0.29) is 0 Å². The Kier molecular flexibility index (Phi) is 3.32. The van der Waals surface area contributed by atoms with Gasteiger partial charge in [0, 0.05) is 23.7 Å². The number of hydrogen-bond acceptors (Lipinski definition) is 3. The zero-order valence-electron chi connectivity index (χ0n) is 11.7. The van der Waals surface area contributed by atoms with Gasteiger partial charge in [-0.1, -0.05) is 25.1 Å². The molecule has 0 saturated heterocycles. The minimum Gasteiger partial charge on any atom is -0.458 e. The number of aromatic nitrogens is 2. The van der Waals surface area contributed by atoms with Crippen LogP contribution in [0, 0.1) is 6.92 Å². The number of benzene rings is 1. The molecule has 1 N–H and O–H groups in total. The fraction of sp³-hybridized carbons (Fsp3) is 0.312. The van der Waals surface area contributed by atoms with E-state index >= 15 is 0 Å². The molecule has 1 aromatic carbocycles. The largest absolute Gasteiger partial charge is 0.458 e. The first-order valence-corrected chi connectivity index (χ1v) is 6.88. The average molecular weight is 270 g/mol. The second kappa shape index (κ2) is 5.13. The molecule has 3 aromatic rings. The van der Waals surface area contributed by atoms with E-state index in [1.54, 1.807) is 6.20 Å². The van der Waals surface area contributed by atoms with Crippen molar-refractivity contribution in [3.05, 3.63) is 53.5 Å². The van der Waals surface area contributed by atoms with Crippen molar-refractivity contribution in [2.45, 2.75) is 32.9 Å². The molecule has 0 amide bonds. The molecule has 0 bridgehead atoms. The van der Waals surface area contributed by atoms with E-state index in [4.69, 9.17) is 4.42 Å². The van der Waals surface area contributed by atoms with Gasteiger partial charge in [0.2, 0.25) is 0 Å². The van der Waals surface area contributed by atoms with Crippen molar-refractivity contribution >= 4 is 11.0 Å². The summed E-state index contributed by atoms with van der Waals surface area (Å²) in [5, 5.41) is 15.7. The molecule has 104 valence electrons. The van der Waals surface area contributed by atoms with Crippen molar-refractivity contribution in [3.63, 3.8) is 0 Å². The van der Waals surface area contributed by atoms with Gasteiger partial charge >= 0.3 is 0 Å². The molecule has 3 rings (SSSR count). The summed E-state index contributed by atoms with van der Waals surface area (Å²) in [4.78, 5) is 0. The van der Waals surface area contributed by atoms with Crippen molar-refractivity contribution in [2.75, 3.05) is 0 Å². The van der Waals surface area contributed by atoms with Crippen molar-refractivity contribution in [1.29, 1.82) is 0 Å². The summed E-state index contributed by atoms with van der Waals surface area (Å²) in [6, 6.07) is 7.87. The van der Waals surface area contributed by atoms with Crippen LogP contribution in [0.3, 0.4) is 0 Å². The Morgan fingerprint density at radius 1 is 1.40 bits per heavy atom. The quantitative estimate of drug-likeness (QED) is 0.790. The second-order valence-corrected chi connectivity index (χ2v) is 5.08. The zero-order valence-corrected chi connectivity index (χ0v) is 11.7. The van der Waals surface area contributed by atoms with E-state index in [0.29, 0.717) is 5.76 Å². The van der Waals surface area contributed by atoms with Gasteiger partial charge in [0.25, 0.3) is 0 Å². The molecule has 1 unspecified atom stereocenters. The summed E-state index contributed by atoms with van der Waals surface area (Å²) in [7, 11) is 0. The van der Waals surface area contributed by atoms with Gasteiger partial charge in [-0.15, -0.1) is 0 Å². The molecule has 4 heteroatoms. The minimum atomic E-state index is -0.771. The molecule has 4 nitrogen and oxygen atoms in total. The fourth-order valence-electron chi connectivity index (χ4n) is 2.40. The van der Waals surface area contributed by atoms with Gasteiger partial charge in [-0.2, -0.15) is 5.10 Å². The topological polar surface area (TPSA) is 51.2 Å². The Bertz CT molecular complexity index is 727. The maximum atomic E-state index is 10.4. The van der Waals surface area contributed by atoms with Crippen LogP contribution in [0.1, 0.15) is 36.3 Å². The normalized spacial score (nSPS) is 12.9. The summed E-state index contributed by atoms with van der Waals surface area (Å²) in [6.07, 6.45) is 3.81. The minimum absolute atomic E-state index is 0.561. The van der Waals surface area contributed by atoms with Crippen molar-refractivity contribution in [2.24, 2.45) is 0 Å². The van der Waals surface area contributed by atoms with E-state index in [9.17, 15) is 5.11 Å². The Morgan fingerprint density at radius 3 is 3.00 bits per heavy atom. The van der Waals surface area contributed by atoms with Crippen LogP contribution in [0.2, 0.25) is 0 Å². The van der Waals surface area contributed by atoms with Gasteiger partial charge in [0.1, 0.15) is 17.4 Å². The predicted molar refractivity (Wildman–Crippen MR) is 77.5 cm³/mol. The van der Waals surface area contributed by atoms with Gasteiger partial charge in [0.15, 0.2) is 0 Å². The van der Waals surface area contributed by atoms with Crippen LogP contribution in [-0.2, 0) is 6.54 Å². The van der Waals surface area contributed by atoms with Crippen LogP contribution >= 0.6 is 0 Å². The number of rotatable bonds is 4. The summed E-state index contributed by atoms with van der Waals surface area (Å²) in [6.45, 7) is 4.95. The molecule has 1 atom stereocenters. The zero-order chi connectivity index (χ0) is 14.1. The molecule has 0 saturated carbocycles. The number of furan rings is 1. The van der Waals surface area contributed by atoms with Crippen molar-refractivity contribution in [1.82, 2.24) is 9.78 Å². The van der Waals surface area contributed by atoms with Crippen LogP contribution < -0.4 is 0 Å². The van der Waals surface area contributed by atoms with Crippen LogP contribution in [0.25, 0.3) is 11.0 Å². The summed E-state index contributed by atoms with van der Waals surface area (Å²) in [5.74, 6) is 0.561. The third-order valence-electron chi connectivity index (χ3n) is 3.45. The number of aryl methyl sites for hydroxylation is 2. The third-order valence-corrected chi connectivity index (χ3v) is 3.45. The number of aliphatic hydroxyl groups excluding tert-OH is 1. The van der Waals surface area contributed by atoms with Crippen LogP contribution in [0.5, 0.6) is 0 Å². The van der Waals surface area contributed by atoms with Crippen LogP contribution in [-0.4, -0.2) is 14.9 Å². The van der Waals surface area contributed by atoms with E-state index < -0.39 is 6.10 Å². The highest BCUT2D eigenvalue weighted by molar-refractivity contribution is 5.81. The van der Waals surface area contributed by atoms with Crippen LogP contribution in [0.15, 0.2) is 41.1 Å². The maximum Gasteiger partial charge on any atom is 0.140 e. The number of fused-ring (bicyclic) bond motifs is 1. The molecule has 0 spiro atoms. The maximum absolute atomic E-state index is 10.4. The molecule has 0 aliphatic carbocycles. The summed E-state index contributed by atoms with van der Waals surface area (Å²) < 4.78 is 7.64. The Labute approximate surface area is 117 Å². The lowest BCUT2D eigenvalue weighted by Crippen LogP contribution is -1.98. The monoisotopic (exact) mass is 270 g/mol. The van der Waals surface area contributed by atoms with E-state index in [2.05, 4.69) is 12.0 Å². The summed E-state index contributed by atoms with van der Waals surface area (Å²) >= 11 is 0. The lowest BCUT2D eigenvalue weighted by Gasteiger charge is -2.04. The molecule has 0 aliphatic rings. The first kappa shape index (κ1) is 12.9. The highest BCUT2D eigenvalue weighted by atomic mass is 16.4. The SMILES string of the molecule is CCCn1cc(C(O)c2cc3cccc(C)c3o2)cn1. The molecule has 20 heavy (non-hydrogen) atoms. The van der Waals surface area contributed by atoms with E-state index in [1.807, 2.05) is 42.1 Å². The highest BCUT2D eigenvalue weighted by Crippen LogP contribution is 2.29. The number of aliphatic hydroxyl groups is 1. The molecular weight excluding hydrogens is 252 g/mol. The highest BCUT2D eigenvalue weighted by Gasteiger charge is 2.17. The van der Waals surface area contributed by atoms with E-state index in [1.165, 1.54) is 0 Å². The van der Waals surface area contributed by atoms with Crippen molar-refractivity contribution < 1.29 is 9.52 Å². The van der Waals surface area contributed by atoms with Gasteiger partial charge < -0.3 is 9.52 Å². The third kappa shape index (κ3) is 2.23. The van der Waals surface area contributed by atoms with E-state index in [0.717, 1.165) is 35.1 Å². The Hall–Kier alpha value is -2.07. The molecule has 0 fully saturated rings. The molecule has 0 radical (unpaired) electrons. The van der Waals surface area contributed by atoms with Gasteiger partial charge in [0.05, 0.1) is 6.20 Å². The second-order valence-electron chi connectivity index (χ2n) is 5.08. The Morgan fingerprint density at radius 2 is 2.25 bits per heavy atom. The average Bonchev–Trinajstić information content (AvgIpc) is 3.05. The lowest BCUT2D eigenvalue weighted by atomic mass is 10.1. The molecule has 0 aliphatic heterocycles. The van der Waals surface area contributed by atoms with Crippen molar-refractivity contribution in [3.8, 4) is 0 Å². The number of hydrogen-bond donors (Lipinski definition) is 1. The molecule has 2 aromatic heterocycles. The van der Waals surface area contributed by atoms with Gasteiger partial charge in [-0.3, -0.25) is 4.68 Å². The lowest BCUT2D eigenvalue weighted by molar-refractivity contribution is 0.192. The predicted octanol–water partition coefficient (Wildman–Crippen LogP) is 3.43.